The van der Waals surface area contributed by atoms with Gasteiger partial charge in [0.25, 0.3) is 0 Å². The number of rotatable bonds is 4. The third-order valence-corrected chi connectivity index (χ3v) is 4.27. The maximum atomic E-state index is 13.4. The summed E-state index contributed by atoms with van der Waals surface area (Å²) in [5.41, 5.74) is 7.32. The van der Waals surface area contributed by atoms with Gasteiger partial charge in [0.2, 0.25) is 10.0 Å². The van der Waals surface area contributed by atoms with E-state index in [1.807, 2.05) is 0 Å². The number of anilines is 1. The van der Waals surface area contributed by atoms with E-state index >= 15 is 0 Å². The Morgan fingerprint density at radius 1 is 1.20 bits per heavy atom. The highest BCUT2D eigenvalue weighted by Gasteiger charge is 2.15. The van der Waals surface area contributed by atoms with Crippen molar-refractivity contribution in [3.8, 4) is 0 Å². The van der Waals surface area contributed by atoms with Crippen LogP contribution >= 0.6 is 0 Å². The first-order chi connectivity index (χ1) is 9.38. The van der Waals surface area contributed by atoms with Crippen molar-refractivity contribution in [1.29, 1.82) is 0 Å². The Morgan fingerprint density at radius 3 is 2.60 bits per heavy atom. The molecule has 0 fully saturated rings. The number of hydrogen-bond acceptors (Lipinski definition) is 3. The molecule has 2 aromatic carbocycles. The van der Waals surface area contributed by atoms with Gasteiger partial charge in [0.1, 0.15) is 5.82 Å². The Kier molecular flexibility index (Phi) is 4.06. The fourth-order valence-corrected chi connectivity index (χ4v) is 2.73. The first-order valence-electron chi connectivity index (χ1n) is 5.99. The molecule has 20 heavy (non-hydrogen) atoms. The maximum Gasteiger partial charge on any atom is 0.240 e. The molecule has 2 rings (SSSR count). The number of sulfonamides is 1. The molecule has 0 aliphatic rings. The third kappa shape index (κ3) is 3.34. The van der Waals surface area contributed by atoms with Gasteiger partial charge in [0.05, 0.1) is 4.90 Å². The molecule has 2 aromatic rings. The standard InChI is InChI=1S/C14H15FN2O2S/c1-10-5-6-13(8-14(10)15)20(18,19)17-9-11-3-2-4-12(16)7-11/h2-8,17H,9,16H2,1H3. The summed E-state index contributed by atoms with van der Waals surface area (Å²) in [5, 5.41) is 0. The SMILES string of the molecule is Cc1ccc(S(=O)(=O)NCc2cccc(N)c2)cc1F. The highest BCUT2D eigenvalue weighted by molar-refractivity contribution is 7.89. The van der Waals surface area contributed by atoms with E-state index in [0.717, 1.165) is 11.6 Å². The van der Waals surface area contributed by atoms with Crippen LogP contribution in [-0.4, -0.2) is 8.42 Å². The van der Waals surface area contributed by atoms with E-state index in [-0.39, 0.29) is 11.4 Å². The van der Waals surface area contributed by atoms with E-state index in [2.05, 4.69) is 4.72 Å². The highest BCUT2D eigenvalue weighted by atomic mass is 32.2. The zero-order valence-corrected chi connectivity index (χ0v) is 11.7. The van der Waals surface area contributed by atoms with Crippen molar-refractivity contribution in [2.45, 2.75) is 18.4 Å². The van der Waals surface area contributed by atoms with Crippen LogP contribution in [0.2, 0.25) is 0 Å². The lowest BCUT2D eigenvalue weighted by atomic mass is 10.2. The summed E-state index contributed by atoms with van der Waals surface area (Å²) in [4.78, 5) is -0.0931. The minimum absolute atomic E-state index is 0.0931. The van der Waals surface area contributed by atoms with Crippen molar-refractivity contribution in [2.75, 3.05) is 5.73 Å². The van der Waals surface area contributed by atoms with E-state index in [9.17, 15) is 12.8 Å². The molecule has 0 radical (unpaired) electrons. The number of benzene rings is 2. The Morgan fingerprint density at radius 2 is 1.95 bits per heavy atom. The number of nitrogens with one attached hydrogen (secondary N) is 1. The van der Waals surface area contributed by atoms with E-state index in [4.69, 9.17) is 5.73 Å². The van der Waals surface area contributed by atoms with E-state index < -0.39 is 15.8 Å². The summed E-state index contributed by atoms with van der Waals surface area (Å²) in [7, 11) is -3.74. The van der Waals surface area contributed by atoms with Crippen molar-refractivity contribution in [3.05, 3.63) is 59.4 Å². The van der Waals surface area contributed by atoms with Crippen LogP contribution in [0.5, 0.6) is 0 Å². The quantitative estimate of drug-likeness (QED) is 0.849. The first kappa shape index (κ1) is 14.5. The van der Waals surface area contributed by atoms with E-state index in [1.165, 1.54) is 12.1 Å². The van der Waals surface area contributed by atoms with Gasteiger partial charge in [0, 0.05) is 12.2 Å². The van der Waals surface area contributed by atoms with Crippen LogP contribution in [0.3, 0.4) is 0 Å². The van der Waals surface area contributed by atoms with Crippen LogP contribution in [0.25, 0.3) is 0 Å². The molecule has 0 heterocycles. The summed E-state index contributed by atoms with van der Waals surface area (Å²) in [5.74, 6) is -0.545. The molecule has 0 aromatic heterocycles. The van der Waals surface area contributed by atoms with Gasteiger partial charge in [-0.1, -0.05) is 18.2 Å². The zero-order valence-electron chi connectivity index (χ0n) is 10.9. The Labute approximate surface area is 117 Å². The second-order valence-corrected chi connectivity index (χ2v) is 6.25. The highest BCUT2D eigenvalue weighted by Crippen LogP contribution is 2.15. The lowest BCUT2D eigenvalue weighted by molar-refractivity contribution is 0.576. The maximum absolute atomic E-state index is 13.4. The molecule has 0 aliphatic heterocycles. The predicted molar refractivity (Wildman–Crippen MR) is 76.0 cm³/mol. The fourth-order valence-electron chi connectivity index (χ4n) is 1.71. The predicted octanol–water partition coefficient (Wildman–Crippen LogP) is 2.19. The first-order valence-corrected chi connectivity index (χ1v) is 7.47. The average molecular weight is 294 g/mol. The summed E-state index contributed by atoms with van der Waals surface area (Å²) in [6.45, 7) is 1.68. The smallest absolute Gasteiger partial charge is 0.240 e. The molecule has 0 saturated carbocycles. The van der Waals surface area contributed by atoms with Crippen molar-refractivity contribution in [2.24, 2.45) is 0 Å². The molecule has 0 aliphatic carbocycles. The van der Waals surface area contributed by atoms with E-state index in [1.54, 1.807) is 31.2 Å². The average Bonchev–Trinajstić information content (AvgIpc) is 2.40. The molecule has 0 spiro atoms. The largest absolute Gasteiger partial charge is 0.399 e. The lowest BCUT2D eigenvalue weighted by Crippen LogP contribution is -2.23. The molecule has 0 unspecified atom stereocenters. The van der Waals surface area contributed by atoms with Gasteiger partial charge in [0.15, 0.2) is 0 Å². The second kappa shape index (κ2) is 5.60. The summed E-state index contributed by atoms with van der Waals surface area (Å²) in [6.07, 6.45) is 0. The van der Waals surface area contributed by atoms with Gasteiger partial charge in [-0.05, 0) is 42.3 Å². The summed E-state index contributed by atoms with van der Waals surface area (Å²) < 4.78 is 39.9. The molecule has 3 N–H and O–H groups in total. The normalized spacial score (nSPS) is 11.5. The number of nitrogen functional groups attached to an aromatic ring is 1. The van der Waals surface area contributed by atoms with Crippen LogP contribution in [0.1, 0.15) is 11.1 Å². The minimum Gasteiger partial charge on any atom is -0.399 e. The molecule has 4 nitrogen and oxygen atoms in total. The van der Waals surface area contributed by atoms with Crippen molar-refractivity contribution >= 4 is 15.7 Å². The molecule has 106 valence electrons. The molecular formula is C14H15FN2O2S. The molecule has 6 heteroatoms. The van der Waals surface area contributed by atoms with Crippen molar-refractivity contribution in [3.63, 3.8) is 0 Å². The van der Waals surface area contributed by atoms with Crippen LogP contribution in [-0.2, 0) is 16.6 Å². The molecule has 0 bridgehead atoms. The van der Waals surface area contributed by atoms with Crippen LogP contribution in [0.15, 0.2) is 47.4 Å². The Bertz CT molecular complexity index is 730. The monoisotopic (exact) mass is 294 g/mol. The zero-order chi connectivity index (χ0) is 14.8. The Balaban J connectivity index is 2.17. The third-order valence-electron chi connectivity index (χ3n) is 2.87. The number of hydrogen-bond donors (Lipinski definition) is 2. The summed E-state index contributed by atoms with van der Waals surface area (Å²) in [6, 6.07) is 10.7. The second-order valence-electron chi connectivity index (χ2n) is 4.48. The van der Waals surface area contributed by atoms with Gasteiger partial charge in [-0.15, -0.1) is 0 Å². The number of aryl methyl sites for hydroxylation is 1. The van der Waals surface area contributed by atoms with Crippen LogP contribution in [0.4, 0.5) is 10.1 Å². The lowest BCUT2D eigenvalue weighted by Gasteiger charge is -2.08. The van der Waals surface area contributed by atoms with Crippen LogP contribution in [0, 0.1) is 12.7 Å². The Hall–Kier alpha value is -1.92. The topological polar surface area (TPSA) is 72.2 Å². The number of nitrogens with two attached hydrogens (primary N) is 1. The number of halogens is 1. The van der Waals surface area contributed by atoms with Gasteiger partial charge in [-0.2, -0.15) is 0 Å². The van der Waals surface area contributed by atoms with E-state index in [0.29, 0.717) is 11.3 Å². The molecule has 0 saturated heterocycles. The van der Waals surface area contributed by atoms with Crippen LogP contribution < -0.4 is 10.5 Å². The van der Waals surface area contributed by atoms with Gasteiger partial charge in [-0.3, -0.25) is 0 Å². The molecular weight excluding hydrogens is 279 g/mol. The fraction of sp³-hybridized carbons (Fsp3) is 0.143. The van der Waals surface area contributed by atoms with Gasteiger partial charge < -0.3 is 5.73 Å². The van der Waals surface area contributed by atoms with Crippen molar-refractivity contribution in [1.82, 2.24) is 4.72 Å². The minimum atomic E-state index is -3.74. The van der Waals surface area contributed by atoms with Gasteiger partial charge in [-0.25, -0.2) is 17.5 Å². The molecule has 0 atom stereocenters. The summed E-state index contributed by atoms with van der Waals surface area (Å²) >= 11 is 0. The van der Waals surface area contributed by atoms with Crippen molar-refractivity contribution < 1.29 is 12.8 Å². The molecule has 0 amide bonds. The van der Waals surface area contributed by atoms with Gasteiger partial charge >= 0.3 is 0 Å².